The van der Waals surface area contributed by atoms with E-state index in [1.807, 2.05) is 17.0 Å². The third-order valence-corrected chi connectivity index (χ3v) is 5.68. The van der Waals surface area contributed by atoms with Crippen molar-refractivity contribution in [3.8, 4) is 11.5 Å². The van der Waals surface area contributed by atoms with Gasteiger partial charge < -0.3 is 14.7 Å². The van der Waals surface area contributed by atoms with Gasteiger partial charge in [-0.2, -0.15) is 0 Å². The molecule has 2 aliphatic rings. The number of likely N-dealkylation sites (tertiary alicyclic amines) is 1. The van der Waals surface area contributed by atoms with E-state index in [0.29, 0.717) is 12.3 Å². The number of carbonyl (C=O) groups is 1. The summed E-state index contributed by atoms with van der Waals surface area (Å²) in [5.41, 5.74) is 3.59. The number of methoxy groups -OCH3 is 1. The molecule has 27 heavy (non-hydrogen) atoms. The lowest BCUT2D eigenvalue weighted by Gasteiger charge is -2.38. The maximum atomic E-state index is 13.2. The number of carbonyl (C=O) groups excluding carboxylic acids is 1. The number of aromatic hydroxyl groups is 1. The molecule has 2 aliphatic heterocycles. The third kappa shape index (κ3) is 3.65. The maximum Gasteiger partial charge on any atom is 0.240 e. The minimum Gasteiger partial charge on any atom is -0.504 e. The number of fused-ring (bicyclic) bond motifs is 1. The van der Waals surface area contributed by atoms with E-state index in [2.05, 4.69) is 29.2 Å². The topological polar surface area (TPSA) is 53.0 Å². The SMILES string of the molecule is COc1cc(CN2Cc3ccccc3C[C@@H]2C(=O)N2CCCC2)ccc1O. The predicted molar refractivity (Wildman–Crippen MR) is 104 cm³/mol. The second-order valence-electron chi connectivity index (χ2n) is 7.43. The molecule has 5 heteroatoms. The molecule has 0 aromatic heterocycles. The van der Waals surface area contributed by atoms with Crippen molar-refractivity contribution in [2.24, 2.45) is 0 Å². The van der Waals surface area contributed by atoms with Gasteiger partial charge in [0.1, 0.15) is 0 Å². The lowest BCUT2D eigenvalue weighted by atomic mass is 9.92. The second kappa shape index (κ2) is 7.61. The van der Waals surface area contributed by atoms with Gasteiger partial charge in [-0.1, -0.05) is 30.3 Å². The minimum absolute atomic E-state index is 0.134. The average Bonchev–Trinajstić information content (AvgIpc) is 3.23. The number of phenols is 1. The van der Waals surface area contributed by atoms with Crippen LogP contribution < -0.4 is 4.74 Å². The number of hydrogen-bond acceptors (Lipinski definition) is 4. The van der Waals surface area contributed by atoms with E-state index < -0.39 is 0 Å². The Bertz CT molecular complexity index is 830. The van der Waals surface area contributed by atoms with E-state index in [1.165, 1.54) is 11.1 Å². The lowest BCUT2D eigenvalue weighted by molar-refractivity contribution is -0.136. The monoisotopic (exact) mass is 366 g/mol. The Kier molecular flexibility index (Phi) is 5.03. The first-order chi connectivity index (χ1) is 13.2. The molecule has 5 nitrogen and oxygen atoms in total. The van der Waals surface area contributed by atoms with Gasteiger partial charge in [0.15, 0.2) is 11.5 Å². The van der Waals surface area contributed by atoms with Crippen molar-refractivity contribution in [2.75, 3.05) is 20.2 Å². The summed E-state index contributed by atoms with van der Waals surface area (Å²) in [7, 11) is 1.55. The Morgan fingerprint density at radius 3 is 2.63 bits per heavy atom. The van der Waals surface area contributed by atoms with Crippen LogP contribution in [0.5, 0.6) is 11.5 Å². The summed E-state index contributed by atoms with van der Waals surface area (Å²) in [6, 6.07) is 13.7. The molecular weight excluding hydrogens is 340 g/mol. The molecular formula is C22H26N2O3. The average molecular weight is 366 g/mol. The lowest BCUT2D eigenvalue weighted by Crippen LogP contribution is -2.50. The van der Waals surface area contributed by atoms with Crippen LogP contribution in [0.3, 0.4) is 0 Å². The number of ether oxygens (including phenoxy) is 1. The van der Waals surface area contributed by atoms with Gasteiger partial charge in [0, 0.05) is 26.2 Å². The van der Waals surface area contributed by atoms with Crippen LogP contribution >= 0.6 is 0 Å². The van der Waals surface area contributed by atoms with Crippen LogP contribution in [0.15, 0.2) is 42.5 Å². The number of hydrogen-bond donors (Lipinski definition) is 1. The van der Waals surface area contributed by atoms with E-state index in [4.69, 9.17) is 4.74 Å². The zero-order valence-corrected chi connectivity index (χ0v) is 15.7. The van der Waals surface area contributed by atoms with Crippen LogP contribution in [0.4, 0.5) is 0 Å². The second-order valence-corrected chi connectivity index (χ2v) is 7.43. The van der Waals surface area contributed by atoms with E-state index in [1.54, 1.807) is 13.2 Å². The Balaban J connectivity index is 1.61. The Hall–Kier alpha value is -2.53. The fourth-order valence-corrected chi connectivity index (χ4v) is 4.19. The molecule has 1 atom stereocenters. The minimum atomic E-state index is -0.141. The highest BCUT2D eigenvalue weighted by molar-refractivity contribution is 5.83. The normalized spacial score (nSPS) is 19.7. The molecule has 142 valence electrons. The van der Waals surface area contributed by atoms with Gasteiger partial charge in [-0.25, -0.2) is 0 Å². The van der Waals surface area contributed by atoms with Crippen molar-refractivity contribution in [1.29, 1.82) is 0 Å². The summed E-state index contributed by atoms with van der Waals surface area (Å²) in [6.07, 6.45) is 2.95. The summed E-state index contributed by atoms with van der Waals surface area (Å²) in [6.45, 7) is 3.15. The molecule has 4 rings (SSSR count). The van der Waals surface area contributed by atoms with Crippen molar-refractivity contribution in [3.05, 3.63) is 59.2 Å². The van der Waals surface area contributed by atoms with Crippen molar-refractivity contribution in [3.63, 3.8) is 0 Å². The van der Waals surface area contributed by atoms with Crippen molar-refractivity contribution >= 4 is 5.91 Å². The van der Waals surface area contributed by atoms with Gasteiger partial charge in [-0.3, -0.25) is 9.69 Å². The van der Waals surface area contributed by atoms with Gasteiger partial charge >= 0.3 is 0 Å². The van der Waals surface area contributed by atoms with Gasteiger partial charge in [0.2, 0.25) is 5.91 Å². The molecule has 0 radical (unpaired) electrons. The van der Waals surface area contributed by atoms with E-state index in [-0.39, 0.29) is 17.7 Å². The first kappa shape index (κ1) is 17.9. The van der Waals surface area contributed by atoms with E-state index >= 15 is 0 Å². The van der Waals surface area contributed by atoms with Gasteiger partial charge in [-0.05, 0) is 48.1 Å². The van der Waals surface area contributed by atoms with Gasteiger partial charge in [0.05, 0.1) is 13.2 Å². The molecule has 0 spiro atoms. The zero-order valence-electron chi connectivity index (χ0n) is 15.7. The van der Waals surface area contributed by atoms with Gasteiger partial charge in [-0.15, -0.1) is 0 Å². The summed E-state index contributed by atoms with van der Waals surface area (Å²) in [4.78, 5) is 17.5. The standard InChI is InChI=1S/C22H26N2O3/c1-27-21-12-16(8-9-20(21)25)14-24-15-18-7-3-2-6-17(18)13-19(24)22(26)23-10-4-5-11-23/h2-3,6-9,12,19,25H,4-5,10-11,13-15H2,1H3/t19-/m1/s1. The Morgan fingerprint density at radius 1 is 1.15 bits per heavy atom. The van der Waals surface area contributed by atoms with Crippen LogP contribution in [-0.4, -0.2) is 47.1 Å². The summed E-state index contributed by atoms with van der Waals surface area (Å²) >= 11 is 0. The summed E-state index contributed by atoms with van der Waals surface area (Å²) in [5.74, 6) is 0.843. The number of rotatable bonds is 4. The summed E-state index contributed by atoms with van der Waals surface area (Å²) < 4.78 is 5.24. The van der Waals surface area contributed by atoms with Crippen molar-refractivity contribution in [1.82, 2.24) is 9.80 Å². The molecule has 1 saturated heterocycles. The fourth-order valence-electron chi connectivity index (χ4n) is 4.19. The highest BCUT2D eigenvalue weighted by Gasteiger charge is 2.35. The predicted octanol–water partition coefficient (Wildman–Crippen LogP) is 2.95. The van der Waals surface area contributed by atoms with Crippen LogP contribution in [0.1, 0.15) is 29.5 Å². The third-order valence-electron chi connectivity index (χ3n) is 5.68. The largest absolute Gasteiger partial charge is 0.504 e. The Labute approximate surface area is 160 Å². The van der Waals surface area contributed by atoms with Crippen LogP contribution in [0.2, 0.25) is 0 Å². The number of phenolic OH excluding ortho intramolecular Hbond substituents is 1. The van der Waals surface area contributed by atoms with Crippen molar-refractivity contribution < 1.29 is 14.6 Å². The number of nitrogens with zero attached hydrogens (tertiary/aromatic N) is 2. The highest BCUT2D eigenvalue weighted by Crippen LogP contribution is 2.30. The van der Waals surface area contributed by atoms with Crippen LogP contribution in [0, 0.1) is 0 Å². The van der Waals surface area contributed by atoms with Crippen molar-refractivity contribution in [2.45, 2.75) is 38.4 Å². The Morgan fingerprint density at radius 2 is 1.89 bits per heavy atom. The van der Waals surface area contributed by atoms with E-state index in [0.717, 1.165) is 44.5 Å². The molecule has 2 aromatic carbocycles. The molecule has 0 bridgehead atoms. The fraction of sp³-hybridized carbons (Fsp3) is 0.409. The first-order valence-corrected chi connectivity index (χ1v) is 9.61. The molecule has 2 aromatic rings. The number of benzene rings is 2. The molecule has 1 N–H and O–H groups in total. The number of amides is 1. The summed E-state index contributed by atoms with van der Waals surface area (Å²) in [5, 5.41) is 9.86. The molecule has 1 fully saturated rings. The molecule has 0 unspecified atom stereocenters. The zero-order chi connectivity index (χ0) is 18.8. The molecule has 0 aliphatic carbocycles. The quantitative estimate of drug-likeness (QED) is 0.904. The molecule has 0 saturated carbocycles. The van der Waals surface area contributed by atoms with Crippen LogP contribution in [-0.2, 0) is 24.3 Å². The maximum absolute atomic E-state index is 13.2. The smallest absolute Gasteiger partial charge is 0.240 e. The first-order valence-electron chi connectivity index (χ1n) is 9.61. The molecule has 1 amide bonds. The van der Waals surface area contributed by atoms with Gasteiger partial charge in [0.25, 0.3) is 0 Å². The highest BCUT2D eigenvalue weighted by atomic mass is 16.5. The van der Waals surface area contributed by atoms with Crippen LogP contribution in [0.25, 0.3) is 0 Å². The molecule has 2 heterocycles. The van der Waals surface area contributed by atoms with E-state index in [9.17, 15) is 9.90 Å².